The zero-order chi connectivity index (χ0) is 12.2. The number of hydrogen-bond donors (Lipinski definition) is 2. The second-order valence-corrected chi connectivity index (χ2v) is 3.83. The first-order valence-electron chi connectivity index (χ1n) is 5.70. The van der Waals surface area contributed by atoms with E-state index in [1.54, 1.807) is 12.4 Å². The standard InChI is InChI=1S/2C7H6N2/c2*1-2-6-7(8-4-1)3-5-9-6/h2*1-5,9H. The SMILES string of the molecule is c1cnc2cc[nH]c2c1.c1cnc2cc[nH]c2c1. The summed E-state index contributed by atoms with van der Waals surface area (Å²) in [7, 11) is 0. The molecule has 4 heterocycles. The Morgan fingerprint density at radius 1 is 0.667 bits per heavy atom. The van der Waals surface area contributed by atoms with Crippen LogP contribution in [0.25, 0.3) is 22.1 Å². The molecule has 0 aliphatic carbocycles. The molecule has 0 radical (unpaired) electrons. The third kappa shape index (κ3) is 2.08. The van der Waals surface area contributed by atoms with Crippen LogP contribution in [-0.2, 0) is 0 Å². The van der Waals surface area contributed by atoms with E-state index in [-0.39, 0.29) is 0 Å². The molecule has 0 aliphatic heterocycles. The molecule has 0 bridgehead atoms. The van der Waals surface area contributed by atoms with Crippen molar-refractivity contribution in [1.82, 2.24) is 19.9 Å². The first-order valence-corrected chi connectivity index (χ1v) is 5.70. The van der Waals surface area contributed by atoms with E-state index in [0.717, 1.165) is 22.1 Å². The zero-order valence-electron chi connectivity index (χ0n) is 9.67. The van der Waals surface area contributed by atoms with Gasteiger partial charge in [0.25, 0.3) is 0 Å². The van der Waals surface area contributed by atoms with Gasteiger partial charge in [-0.25, -0.2) is 0 Å². The van der Waals surface area contributed by atoms with Crippen LogP contribution in [-0.4, -0.2) is 19.9 Å². The number of hydrogen-bond acceptors (Lipinski definition) is 2. The van der Waals surface area contributed by atoms with Crippen molar-refractivity contribution in [2.75, 3.05) is 0 Å². The molecule has 4 aromatic rings. The van der Waals surface area contributed by atoms with Gasteiger partial charge in [0.15, 0.2) is 0 Å². The van der Waals surface area contributed by atoms with Crippen LogP contribution in [0.2, 0.25) is 0 Å². The van der Waals surface area contributed by atoms with E-state index in [2.05, 4.69) is 19.9 Å². The van der Waals surface area contributed by atoms with Gasteiger partial charge in [-0.3, -0.25) is 9.97 Å². The number of H-pyrrole nitrogens is 2. The van der Waals surface area contributed by atoms with Gasteiger partial charge in [0.2, 0.25) is 0 Å². The highest BCUT2D eigenvalue weighted by Crippen LogP contribution is 2.06. The molecule has 4 nitrogen and oxygen atoms in total. The molecule has 0 saturated heterocycles. The fourth-order valence-electron chi connectivity index (χ4n) is 1.77. The van der Waals surface area contributed by atoms with Gasteiger partial charge in [-0.2, -0.15) is 0 Å². The maximum atomic E-state index is 4.11. The second-order valence-electron chi connectivity index (χ2n) is 3.83. The van der Waals surface area contributed by atoms with Crippen molar-refractivity contribution in [2.24, 2.45) is 0 Å². The first kappa shape index (κ1) is 10.5. The minimum Gasteiger partial charge on any atom is -0.360 e. The molecule has 18 heavy (non-hydrogen) atoms. The lowest BCUT2D eigenvalue weighted by molar-refractivity contribution is 1.41. The quantitative estimate of drug-likeness (QED) is 0.493. The summed E-state index contributed by atoms with van der Waals surface area (Å²) in [6.45, 7) is 0. The fraction of sp³-hybridized carbons (Fsp3) is 0. The van der Waals surface area contributed by atoms with Gasteiger partial charge in [0, 0.05) is 24.8 Å². The van der Waals surface area contributed by atoms with Crippen molar-refractivity contribution in [3.8, 4) is 0 Å². The van der Waals surface area contributed by atoms with Gasteiger partial charge in [-0.05, 0) is 36.4 Å². The Morgan fingerprint density at radius 3 is 1.61 bits per heavy atom. The molecule has 4 rings (SSSR count). The zero-order valence-corrected chi connectivity index (χ0v) is 9.67. The fourth-order valence-corrected chi connectivity index (χ4v) is 1.77. The Labute approximate surface area is 104 Å². The maximum absolute atomic E-state index is 4.11. The van der Waals surface area contributed by atoms with Crippen molar-refractivity contribution >= 4 is 22.1 Å². The predicted molar refractivity (Wildman–Crippen MR) is 72.2 cm³/mol. The smallest absolute Gasteiger partial charge is 0.0878 e. The maximum Gasteiger partial charge on any atom is 0.0878 e. The summed E-state index contributed by atoms with van der Waals surface area (Å²) in [5.41, 5.74) is 4.24. The van der Waals surface area contributed by atoms with Crippen LogP contribution >= 0.6 is 0 Å². The summed E-state index contributed by atoms with van der Waals surface area (Å²) < 4.78 is 0. The van der Waals surface area contributed by atoms with Crippen molar-refractivity contribution in [3.63, 3.8) is 0 Å². The summed E-state index contributed by atoms with van der Waals surface area (Å²) in [6, 6.07) is 11.7. The average Bonchev–Trinajstić information content (AvgIpc) is 3.08. The molecule has 4 aromatic heterocycles. The van der Waals surface area contributed by atoms with Gasteiger partial charge in [0.05, 0.1) is 22.1 Å². The van der Waals surface area contributed by atoms with Crippen LogP contribution in [0.4, 0.5) is 0 Å². The Kier molecular flexibility index (Phi) is 2.75. The van der Waals surface area contributed by atoms with Gasteiger partial charge < -0.3 is 9.97 Å². The van der Waals surface area contributed by atoms with E-state index in [4.69, 9.17) is 0 Å². The number of fused-ring (bicyclic) bond motifs is 2. The Hall–Kier alpha value is -2.62. The van der Waals surface area contributed by atoms with Crippen LogP contribution in [0.3, 0.4) is 0 Å². The van der Waals surface area contributed by atoms with Gasteiger partial charge in [-0.15, -0.1) is 0 Å². The highest BCUT2D eigenvalue weighted by atomic mass is 14.7. The van der Waals surface area contributed by atoms with Crippen LogP contribution in [0.1, 0.15) is 0 Å². The van der Waals surface area contributed by atoms with Crippen LogP contribution in [0.15, 0.2) is 61.2 Å². The molecular formula is C14H12N4. The summed E-state index contributed by atoms with van der Waals surface area (Å²) in [6.07, 6.45) is 7.35. The number of aromatic amines is 2. The number of rotatable bonds is 0. The van der Waals surface area contributed by atoms with Crippen LogP contribution in [0, 0.1) is 0 Å². The van der Waals surface area contributed by atoms with E-state index in [1.165, 1.54) is 0 Å². The molecule has 88 valence electrons. The van der Waals surface area contributed by atoms with E-state index in [9.17, 15) is 0 Å². The Balaban J connectivity index is 0.000000111. The number of nitrogens with one attached hydrogen (secondary N) is 2. The summed E-state index contributed by atoms with van der Waals surface area (Å²) >= 11 is 0. The molecule has 0 unspecified atom stereocenters. The predicted octanol–water partition coefficient (Wildman–Crippen LogP) is 3.13. The lowest BCUT2D eigenvalue weighted by Gasteiger charge is -1.82. The van der Waals surface area contributed by atoms with Gasteiger partial charge in [-0.1, -0.05) is 0 Å². The molecule has 2 N–H and O–H groups in total. The van der Waals surface area contributed by atoms with Crippen LogP contribution in [0.5, 0.6) is 0 Å². The lowest BCUT2D eigenvalue weighted by atomic mass is 10.4. The average molecular weight is 236 g/mol. The van der Waals surface area contributed by atoms with E-state index < -0.39 is 0 Å². The molecule has 0 spiro atoms. The summed E-state index contributed by atoms with van der Waals surface area (Å²) in [4.78, 5) is 14.3. The number of nitrogens with zero attached hydrogens (tertiary/aromatic N) is 2. The van der Waals surface area contributed by atoms with Crippen molar-refractivity contribution < 1.29 is 0 Å². The number of aromatic nitrogens is 4. The van der Waals surface area contributed by atoms with Crippen molar-refractivity contribution in [1.29, 1.82) is 0 Å². The van der Waals surface area contributed by atoms with Crippen molar-refractivity contribution in [3.05, 3.63) is 61.2 Å². The first-order chi connectivity index (χ1) is 8.93. The topological polar surface area (TPSA) is 57.4 Å². The third-order valence-electron chi connectivity index (χ3n) is 2.64. The lowest BCUT2D eigenvalue weighted by Crippen LogP contribution is -1.68. The van der Waals surface area contributed by atoms with Crippen molar-refractivity contribution in [2.45, 2.75) is 0 Å². The van der Waals surface area contributed by atoms with E-state index >= 15 is 0 Å². The van der Waals surface area contributed by atoms with E-state index in [0.29, 0.717) is 0 Å². The number of pyridine rings is 2. The Morgan fingerprint density at radius 2 is 1.17 bits per heavy atom. The highest BCUT2D eigenvalue weighted by molar-refractivity contribution is 5.74. The molecule has 0 aromatic carbocycles. The monoisotopic (exact) mass is 236 g/mol. The summed E-state index contributed by atoms with van der Waals surface area (Å²) in [5, 5.41) is 0. The molecule has 0 saturated carbocycles. The highest BCUT2D eigenvalue weighted by Gasteiger charge is 1.89. The van der Waals surface area contributed by atoms with E-state index in [1.807, 2.05) is 48.8 Å². The molecule has 0 amide bonds. The second kappa shape index (κ2) is 4.71. The minimum atomic E-state index is 1.03. The van der Waals surface area contributed by atoms with Gasteiger partial charge in [0.1, 0.15) is 0 Å². The molecular weight excluding hydrogens is 224 g/mol. The Bertz CT molecular complexity index is 628. The van der Waals surface area contributed by atoms with Crippen LogP contribution < -0.4 is 0 Å². The molecule has 0 atom stereocenters. The molecule has 0 aliphatic rings. The largest absolute Gasteiger partial charge is 0.360 e. The third-order valence-corrected chi connectivity index (χ3v) is 2.64. The normalized spacial score (nSPS) is 10.2. The van der Waals surface area contributed by atoms with Gasteiger partial charge >= 0.3 is 0 Å². The molecule has 0 fully saturated rings. The summed E-state index contributed by atoms with van der Waals surface area (Å²) in [5.74, 6) is 0. The molecule has 4 heteroatoms. The minimum absolute atomic E-state index is 1.03.